The largest absolute Gasteiger partial charge is 0.383 e. The van der Waals surface area contributed by atoms with Crippen LogP contribution in [-0.4, -0.2) is 42.2 Å². The molecule has 1 aliphatic carbocycles. The maximum atomic E-state index is 12.5. The molecule has 1 unspecified atom stereocenters. The summed E-state index contributed by atoms with van der Waals surface area (Å²) in [6, 6.07) is 10.0. The number of benzene rings is 2. The molecule has 7 nitrogen and oxygen atoms in total. The lowest BCUT2D eigenvalue weighted by Crippen LogP contribution is -2.32. The SMILES string of the molecule is COCC1CCCN1c1cc2nc(Nc3cc(CNC(=O)C4CCCCC4)ccc3Cl)[nH]c2cc1Cl. The fourth-order valence-corrected chi connectivity index (χ4v) is 5.86. The van der Waals surface area contributed by atoms with E-state index in [0.29, 0.717) is 35.2 Å². The zero-order chi connectivity index (χ0) is 25.1. The van der Waals surface area contributed by atoms with Crippen molar-refractivity contribution in [3.8, 4) is 0 Å². The smallest absolute Gasteiger partial charge is 0.223 e. The van der Waals surface area contributed by atoms with Crippen LogP contribution in [-0.2, 0) is 16.1 Å². The van der Waals surface area contributed by atoms with Gasteiger partial charge in [-0.15, -0.1) is 0 Å². The first-order valence-corrected chi connectivity index (χ1v) is 13.6. The van der Waals surface area contributed by atoms with E-state index in [1.807, 2.05) is 30.3 Å². The summed E-state index contributed by atoms with van der Waals surface area (Å²) >= 11 is 13.2. The fourth-order valence-electron chi connectivity index (χ4n) is 5.42. The molecule has 2 aliphatic rings. The molecule has 0 bridgehead atoms. The monoisotopic (exact) mass is 529 g/mol. The van der Waals surface area contributed by atoms with E-state index in [1.165, 1.54) is 6.42 Å². The Morgan fingerprint density at radius 3 is 2.75 bits per heavy atom. The Hall–Kier alpha value is -2.48. The Kier molecular flexibility index (Phi) is 7.89. The average molecular weight is 531 g/mol. The molecule has 1 amide bonds. The first kappa shape index (κ1) is 25.2. The topological polar surface area (TPSA) is 82.3 Å². The number of methoxy groups -OCH3 is 1. The number of imidazole rings is 1. The zero-order valence-electron chi connectivity index (χ0n) is 20.6. The molecule has 1 aromatic heterocycles. The molecule has 1 aliphatic heterocycles. The molecule has 192 valence electrons. The van der Waals surface area contributed by atoms with Crippen LogP contribution in [0.25, 0.3) is 11.0 Å². The normalized spacial score (nSPS) is 18.6. The average Bonchev–Trinajstić information content (AvgIpc) is 3.50. The molecule has 3 aromatic rings. The summed E-state index contributed by atoms with van der Waals surface area (Å²) in [5.41, 5.74) is 4.36. The van der Waals surface area contributed by atoms with Crippen molar-refractivity contribution < 1.29 is 9.53 Å². The van der Waals surface area contributed by atoms with Gasteiger partial charge in [-0.05, 0) is 55.5 Å². The van der Waals surface area contributed by atoms with E-state index in [4.69, 9.17) is 32.9 Å². The van der Waals surface area contributed by atoms with E-state index in [0.717, 1.165) is 73.0 Å². The molecule has 5 rings (SSSR count). The Morgan fingerprint density at radius 1 is 1.11 bits per heavy atom. The number of aromatic amines is 1. The molecular weight excluding hydrogens is 497 g/mol. The van der Waals surface area contributed by atoms with Gasteiger partial charge in [0.05, 0.1) is 45.1 Å². The number of H-pyrrole nitrogens is 1. The van der Waals surface area contributed by atoms with E-state index in [-0.39, 0.29) is 11.8 Å². The number of carbonyl (C=O) groups excluding carboxylic acids is 1. The second kappa shape index (κ2) is 11.3. The summed E-state index contributed by atoms with van der Waals surface area (Å²) in [4.78, 5) is 22.9. The molecule has 1 saturated heterocycles. The molecule has 0 radical (unpaired) electrons. The van der Waals surface area contributed by atoms with E-state index < -0.39 is 0 Å². The Labute approximate surface area is 221 Å². The fraction of sp³-hybridized carbons (Fsp3) is 0.481. The molecule has 2 aromatic carbocycles. The highest BCUT2D eigenvalue weighted by atomic mass is 35.5. The highest BCUT2D eigenvalue weighted by molar-refractivity contribution is 6.34. The van der Waals surface area contributed by atoms with Crippen LogP contribution in [0.2, 0.25) is 10.0 Å². The second-order valence-corrected chi connectivity index (χ2v) is 10.7. The van der Waals surface area contributed by atoms with Crippen LogP contribution in [0.4, 0.5) is 17.3 Å². The van der Waals surface area contributed by atoms with Gasteiger partial charge in [0.2, 0.25) is 11.9 Å². The van der Waals surface area contributed by atoms with Crippen molar-refractivity contribution in [2.75, 3.05) is 30.5 Å². The number of nitrogens with one attached hydrogen (secondary N) is 3. The van der Waals surface area contributed by atoms with Gasteiger partial charge in [0.25, 0.3) is 0 Å². The molecule has 2 heterocycles. The third kappa shape index (κ3) is 5.58. The number of amides is 1. The van der Waals surface area contributed by atoms with Crippen molar-refractivity contribution in [1.29, 1.82) is 0 Å². The molecule has 1 saturated carbocycles. The zero-order valence-corrected chi connectivity index (χ0v) is 22.1. The lowest BCUT2D eigenvalue weighted by molar-refractivity contribution is -0.126. The van der Waals surface area contributed by atoms with E-state index >= 15 is 0 Å². The number of aromatic nitrogens is 2. The van der Waals surface area contributed by atoms with Crippen molar-refractivity contribution in [3.05, 3.63) is 45.9 Å². The summed E-state index contributed by atoms with van der Waals surface area (Å²) in [7, 11) is 1.73. The summed E-state index contributed by atoms with van der Waals surface area (Å²) in [6.07, 6.45) is 7.70. The van der Waals surface area contributed by atoms with Crippen LogP contribution in [0.15, 0.2) is 30.3 Å². The third-order valence-corrected chi connectivity index (χ3v) is 7.95. The molecule has 3 N–H and O–H groups in total. The van der Waals surface area contributed by atoms with Crippen LogP contribution in [0.5, 0.6) is 0 Å². The lowest BCUT2D eigenvalue weighted by Gasteiger charge is -2.27. The Morgan fingerprint density at radius 2 is 1.94 bits per heavy atom. The number of ether oxygens (including phenoxy) is 1. The van der Waals surface area contributed by atoms with E-state index in [9.17, 15) is 4.79 Å². The minimum Gasteiger partial charge on any atom is -0.383 e. The second-order valence-electron chi connectivity index (χ2n) is 9.84. The number of fused-ring (bicyclic) bond motifs is 1. The summed E-state index contributed by atoms with van der Waals surface area (Å²) in [6.45, 7) is 2.10. The molecule has 1 atom stereocenters. The minimum absolute atomic E-state index is 0.140. The molecule has 0 spiro atoms. The first-order chi connectivity index (χ1) is 17.5. The number of carbonyl (C=O) groups is 1. The van der Waals surface area contributed by atoms with Crippen LogP contribution >= 0.6 is 23.2 Å². The Balaban J connectivity index is 1.30. The molecule has 2 fully saturated rings. The highest BCUT2D eigenvalue weighted by Gasteiger charge is 2.27. The lowest BCUT2D eigenvalue weighted by atomic mass is 9.88. The molecule has 9 heteroatoms. The van der Waals surface area contributed by atoms with Crippen LogP contribution in [0.3, 0.4) is 0 Å². The van der Waals surface area contributed by atoms with Gasteiger partial charge in [0.1, 0.15) is 0 Å². The van der Waals surface area contributed by atoms with Crippen LogP contribution < -0.4 is 15.5 Å². The number of halogens is 2. The quantitative estimate of drug-likeness (QED) is 0.313. The van der Waals surface area contributed by atoms with Crippen molar-refractivity contribution in [2.24, 2.45) is 5.92 Å². The number of hydrogen-bond acceptors (Lipinski definition) is 5. The Bertz CT molecular complexity index is 1220. The standard InChI is InChI=1S/C27H33Cl2N5O2/c1-36-16-19-8-5-11-34(19)25-14-24-23(13-21(25)29)32-27(33-24)31-22-12-17(9-10-20(22)28)15-30-26(35)18-6-3-2-4-7-18/h9-10,12-14,18-19H,2-8,11,15-16H2,1H3,(H,30,35)(H2,31,32,33). The first-order valence-electron chi connectivity index (χ1n) is 12.8. The maximum Gasteiger partial charge on any atom is 0.223 e. The summed E-state index contributed by atoms with van der Waals surface area (Å²) < 4.78 is 5.41. The summed E-state index contributed by atoms with van der Waals surface area (Å²) in [5.74, 6) is 0.870. The van der Waals surface area contributed by atoms with Crippen LogP contribution in [0.1, 0.15) is 50.5 Å². The predicted molar refractivity (Wildman–Crippen MR) is 147 cm³/mol. The van der Waals surface area contributed by atoms with Crippen molar-refractivity contribution in [1.82, 2.24) is 15.3 Å². The maximum absolute atomic E-state index is 12.5. The number of rotatable bonds is 8. The van der Waals surface area contributed by atoms with Crippen molar-refractivity contribution in [2.45, 2.75) is 57.5 Å². The van der Waals surface area contributed by atoms with Gasteiger partial charge in [-0.3, -0.25) is 4.79 Å². The van der Waals surface area contributed by atoms with Crippen molar-refractivity contribution in [3.63, 3.8) is 0 Å². The number of anilines is 3. The number of nitrogens with zero attached hydrogens (tertiary/aromatic N) is 2. The number of hydrogen-bond donors (Lipinski definition) is 3. The molecular formula is C27H33Cl2N5O2. The van der Waals surface area contributed by atoms with E-state index in [1.54, 1.807) is 7.11 Å². The van der Waals surface area contributed by atoms with Crippen LogP contribution in [0, 0.1) is 5.92 Å². The van der Waals surface area contributed by atoms with Gasteiger partial charge in [-0.1, -0.05) is 48.5 Å². The van der Waals surface area contributed by atoms with Gasteiger partial charge in [-0.2, -0.15) is 0 Å². The summed E-state index contributed by atoms with van der Waals surface area (Å²) in [5, 5.41) is 7.66. The van der Waals surface area contributed by atoms with Gasteiger partial charge in [0.15, 0.2) is 0 Å². The van der Waals surface area contributed by atoms with E-state index in [2.05, 4.69) is 20.5 Å². The minimum atomic E-state index is 0.140. The van der Waals surface area contributed by atoms with Gasteiger partial charge in [-0.25, -0.2) is 4.98 Å². The molecule has 36 heavy (non-hydrogen) atoms. The van der Waals surface area contributed by atoms with Gasteiger partial charge in [0, 0.05) is 26.1 Å². The van der Waals surface area contributed by atoms with Crippen molar-refractivity contribution >= 4 is 57.5 Å². The predicted octanol–water partition coefficient (Wildman–Crippen LogP) is 6.43. The van der Waals surface area contributed by atoms with Gasteiger partial charge >= 0.3 is 0 Å². The third-order valence-electron chi connectivity index (χ3n) is 7.32. The highest BCUT2D eigenvalue weighted by Crippen LogP contribution is 2.36. The van der Waals surface area contributed by atoms with Gasteiger partial charge < -0.3 is 25.3 Å².